The number of ether oxygens (including phenoxy) is 1. The summed E-state index contributed by atoms with van der Waals surface area (Å²) < 4.78 is 19.5. The lowest BCUT2D eigenvalue weighted by molar-refractivity contribution is 0.121. The quantitative estimate of drug-likeness (QED) is 0.280. The van der Waals surface area contributed by atoms with Crippen LogP contribution in [-0.4, -0.2) is 40.1 Å². The molecule has 2 amide bonds. The molecule has 0 fully saturated rings. The fourth-order valence-electron chi connectivity index (χ4n) is 3.38. The minimum atomic E-state index is -1.02. The maximum atomic E-state index is 12.6. The number of aliphatic hydroxyl groups excluding tert-OH is 1. The van der Waals surface area contributed by atoms with E-state index in [2.05, 4.69) is 10.6 Å². The van der Waals surface area contributed by atoms with Gasteiger partial charge in [0.05, 0.1) is 19.3 Å². The van der Waals surface area contributed by atoms with Gasteiger partial charge in [0, 0.05) is 30.5 Å². The smallest absolute Gasteiger partial charge is 0.315 e. The summed E-state index contributed by atoms with van der Waals surface area (Å²) in [5.74, 6) is 0.713. The molecule has 9 heteroatoms. The van der Waals surface area contributed by atoms with Gasteiger partial charge in [-0.2, -0.15) is 0 Å². The van der Waals surface area contributed by atoms with Crippen LogP contribution in [0.15, 0.2) is 67.0 Å². The third-order valence-corrected chi connectivity index (χ3v) is 5.48. The second-order valence-electron chi connectivity index (χ2n) is 7.88. The van der Waals surface area contributed by atoms with Crippen molar-refractivity contribution in [1.29, 1.82) is 0 Å². The number of nitrogens with zero attached hydrogens (tertiary/aromatic N) is 1. The lowest BCUT2D eigenvalue weighted by Gasteiger charge is -2.25. The fraction of sp³-hybridized carbons (Fsp3) is 0.320. The summed E-state index contributed by atoms with van der Waals surface area (Å²) >= 11 is 5.89. The van der Waals surface area contributed by atoms with Crippen molar-refractivity contribution >= 4 is 17.6 Å². The Morgan fingerprint density at radius 2 is 1.82 bits per heavy atom. The molecular weight excluding hydrogens is 461 g/mol. The second kappa shape index (κ2) is 12.9. The van der Waals surface area contributed by atoms with Crippen molar-refractivity contribution in [2.75, 3.05) is 13.3 Å². The Morgan fingerprint density at radius 3 is 2.47 bits per heavy atom. The number of unbranched alkanes of at least 4 members (excludes halogenated alkanes) is 1. The first-order valence-electron chi connectivity index (χ1n) is 11.0. The number of carbonyl (C=O) groups excluding carboxylic acids is 1. The molecule has 3 aromatic rings. The Hall–Kier alpha value is -3.23. The number of carbonyl (C=O) groups is 1. The van der Waals surface area contributed by atoms with E-state index in [1.54, 1.807) is 47.2 Å². The van der Waals surface area contributed by atoms with Gasteiger partial charge in [0.15, 0.2) is 0 Å². The zero-order valence-corrected chi connectivity index (χ0v) is 19.4. The Kier molecular flexibility index (Phi) is 9.61. The molecule has 0 bridgehead atoms. The minimum Gasteiger partial charge on any atom is -0.506 e. The summed E-state index contributed by atoms with van der Waals surface area (Å²) in [6, 6.07) is 14.4. The van der Waals surface area contributed by atoms with E-state index >= 15 is 0 Å². The molecule has 4 N–H and O–H groups in total. The maximum Gasteiger partial charge on any atom is 0.315 e. The van der Waals surface area contributed by atoms with E-state index in [-0.39, 0.29) is 19.0 Å². The highest BCUT2D eigenvalue weighted by Crippen LogP contribution is 2.22. The number of aromatic nitrogens is 1. The zero-order valence-electron chi connectivity index (χ0n) is 18.7. The Balaban J connectivity index is 1.64. The summed E-state index contributed by atoms with van der Waals surface area (Å²) in [5.41, 5.74) is 1.48. The van der Waals surface area contributed by atoms with E-state index in [0.717, 1.165) is 5.56 Å². The van der Waals surface area contributed by atoms with Gasteiger partial charge >= 0.3 is 6.03 Å². The van der Waals surface area contributed by atoms with Crippen LogP contribution in [0.25, 0.3) is 0 Å². The van der Waals surface area contributed by atoms with Crippen LogP contribution in [-0.2, 0) is 13.1 Å². The van der Waals surface area contributed by atoms with Gasteiger partial charge in [0.2, 0.25) is 0 Å². The molecule has 182 valence electrons. The molecule has 2 atom stereocenters. The van der Waals surface area contributed by atoms with E-state index in [9.17, 15) is 19.4 Å². The predicted octanol–water partition coefficient (Wildman–Crippen LogP) is 4.58. The van der Waals surface area contributed by atoms with Gasteiger partial charge in [0.25, 0.3) is 0 Å². The number of aromatic hydroxyl groups is 1. The van der Waals surface area contributed by atoms with Crippen molar-refractivity contribution < 1.29 is 24.1 Å². The predicted molar refractivity (Wildman–Crippen MR) is 129 cm³/mol. The lowest BCUT2D eigenvalue weighted by Crippen LogP contribution is -2.46. The number of urea groups is 1. The van der Waals surface area contributed by atoms with Gasteiger partial charge < -0.3 is 30.2 Å². The van der Waals surface area contributed by atoms with E-state index in [1.165, 1.54) is 12.3 Å². The van der Waals surface area contributed by atoms with Crippen molar-refractivity contribution in [3.63, 3.8) is 0 Å². The topological polar surface area (TPSA) is 95.8 Å². The molecule has 0 radical (unpaired) electrons. The fourth-order valence-corrected chi connectivity index (χ4v) is 3.50. The lowest BCUT2D eigenvalue weighted by atomic mass is 10.0. The molecule has 0 saturated carbocycles. The molecule has 7 nitrogen and oxygen atoms in total. The minimum absolute atomic E-state index is 0.0923. The van der Waals surface area contributed by atoms with E-state index < -0.39 is 18.2 Å². The average molecular weight is 490 g/mol. The number of aliphatic hydroxyl groups is 1. The highest BCUT2D eigenvalue weighted by Gasteiger charge is 2.23. The molecule has 1 aromatic heterocycles. The molecule has 0 aliphatic carbocycles. The number of rotatable bonds is 12. The van der Waals surface area contributed by atoms with Gasteiger partial charge in [0.1, 0.15) is 17.6 Å². The second-order valence-corrected chi connectivity index (χ2v) is 8.32. The summed E-state index contributed by atoms with van der Waals surface area (Å²) in [7, 11) is 0. The van der Waals surface area contributed by atoms with Gasteiger partial charge in [-0.15, -0.1) is 0 Å². The van der Waals surface area contributed by atoms with Crippen molar-refractivity contribution in [1.82, 2.24) is 15.2 Å². The normalized spacial score (nSPS) is 12.7. The molecular formula is C25H29ClFN3O4. The molecule has 2 aromatic carbocycles. The van der Waals surface area contributed by atoms with E-state index in [0.29, 0.717) is 42.3 Å². The van der Waals surface area contributed by atoms with Crippen LogP contribution >= 0.6 is 11.6 Å². The summed E-state index contributed by atoms with van der Waals surface area (Å²) in [6.07, 6.45) is 3.24. The number of halogens is 2. The van der Waals surface area contributed by atoms with Gasteiger partial charge in [-0.25, -0.2) is 4.79 Å². The van der Waals surface area contributed by atoms with Crippen LogP contribution in [0, 0.1) is 0 Å². The number of hydrogen-bond donors (Lipinski definition) is 4. The van der Waals surface area contributed by atoms with Gasteiger partial charge in [-0.05, 0) is 54.3 Å². The number of nitrogens with one attached hydrogen (secondary N) is 2. The molecule has 0 unspecified atom stereocenters. The standard InChI is InChI=1S/C25H29ClFN3O4/c26-20-7-3-18(4-8-20)15-28-25(33)29-23(17-30-13-11-21(31)16-30)24(32)19-5-9-22(10-6-19)34-14-2-1-12-27/h3-11,13,16,23-24,31-32H,1-2,12,14-15,17H2,(H2,28,29,33)/t23-,24-/m1/s1. The van der Waals surface area contributed by atoms with Gasteiger partial charge in [-0.1, -0.05) is 35.9 Å². The third-order valence-electron chi connectivity index (χ3n) is 5.22. The van der Waals surface area contributed by atoms with Crippen molar-refractivity contribution in [3.8, 4) is 11.5 Å². The molecule has 34 heavy (non-hydrogen) atoms. The third kappa shape index (κ3) is 7.97. The van der Waals surface area contributed by atoms with E-state index in [4.69, 9.17) is 16.3 Å². The zero-order chi connectivity index (χ0) is 24.3. The first-order chi connectivity index (χ1) is 16.4. The number of hydrogen-bond acceptors (Lipinski definition) is 4. The molecule has 3 rings (SSSR count). The number of benzene rings is 2. The maximum absolute atomic E-state index is 12.6. The van der Waals surface area contributed by atoms with Crippen molar-refractivity contribution in [2.24, 2.45) is 0 Å². The van der Waals surface area contributed by atoms with Crippen LogP contribution in [0.4, 0.5) is 9.18 Å². The summed E-state index contributed by atoms with van der Waals surface area (Å²) in [5, 5.41) is 26.9. The highest BCUT2D eigenvalue weighted by molar-refractivity contribution is 6.30. The Morgan fingerprint density at radius 1 is 1.09 bits per heavy atom. The van der Waals surface area contributed by atoms with Crippen molar-refractivity contribution in [2.45, 2.75) is 38.1 Å². The van der Waals surface area contributed by atoms with E-state index in [1.807, 2.05) is 12.1 Å². The summed E-state index contributed by atoms with van der Waals surface area (Å²) in [4.78, 5) is 12.6. The first-order valence-corrected chi connectivity index (χ1v) is 11.4. The van der Waals surface area contributed by atoms with Crippen LogP contribution in [0.2, 0.25) is 5.02 Å². The summed E-state index contributed by atoms with van der Waals surface area (Å²) in [6.45, 7) is 0.582. The largest absolute Gasteiger partial charge is 0.506 e. The molecule has 0 spiro atoms. The van der Waals surface area contributed by atoms with Crippen LogP contribution < -0.4 is 15.4 Å². The van der Waals surface area contributed by atoms with Gasteiger partial charge in [-0.3, -0.25) is 4.39 Å². The number of amides is 2. The average Bonchev–Trinajstić information content (AvgIpc) is 3.25. The molecule has 0 aliphatic heterocycles. The number of alkyl halides is 1. The first kappa shape index (κ1) is 25.4. The Bertz CT molecular complexity index is 1030. The highest BCUT2D eigenvalue weighted by atomic mass is 35.5. The monoisotopic (exact) mass is 489 g/mol. The Labute approximate surface area is 203 Å². The van der Waals surface area contributed by atoms with Crippen LogP contribution in [0.1, 0.15) is 30.1 Å². The van der Waals surface area contributed by atoms with Crippen LogP contribution in [0.5, 0.6) is 11.5 Å². The molecule has 0 saturated heterocycles. The molecule has 0 aliphatic rings. The SMILES string of the molecule is O=C(NCc1ccc(Cl)cc1)N[C@H](Cn1ccc(O)c1)[C@H](O)c1ccc(OCCCCF)cc1. The van der Waals surface area contributed by atoms with Crippen molar-refractivity contribution in [3.05, 3.63) is 83.1 Å². The molecule has 1 heterocycles. The van der Waals surface area contributed by atoms with Crippen LogP contribution in [0.3, 0.4) is 0 Å².